The highest BCUT2D eigenvalue weighted by molar-refractivity contribution is 5.94. The zero-order chi connectivity index (χ0) is 15.1. The number of nitrogens with zero attached hydrogens (tertiary/aromatic N) is 2. The molecule has 3 N–H and O–H groups in total. The van der Waals surface area contributed by atoms with E-state index in [2.05, 4.69) is 15.6 Å². The summed E-state index contributed by atoms with van der Waals surface area (Å²) in [5.74, 6) is -1.36. The van der Waals surface area contributed by atoms with Crippen LogP contribution in [-0.2, 0) is 4.79 Å². The molecule has 108 valence electrons. The molecule has 1 heterocycles. The molecular formula is C12H16N4O4. The third-order valence-corrected chi connectivity index (χ3v) is 2.54. The molecule has 3 amide bonds. The quantitative estimate of drug-likeness (QED) is 0.722. The highest BCUT2D eigenvalue weighted by Crippen LogP contribution is 2.07. The summed E-state index contributed by atoms with van der Waals surface area (Å²) in [6, 6.07) is 0.668. The minimum absolute atomic E-state index is 0.0374. The normalized spacial score (nSPS) is 9.70. The van der Waals surface area contributed by atoms with Crippen molar-refractivity contribution in [3.05, 3.63) is 24.0 Å². The fourth-order valence-corrected chi connectivity index (χ4v) is 1.27. The van der Waals surface area contributed by atoms with Crippen molar-refractivity contribution in [2.45, 2.75) is 6.92 Å². The zero-order valence-corrected chi connectivity index (χ0v) is 11.2. The van der Waals surface area contributed by atoms with Gasteiger partial charge in [0.15, 0.2) is 0 Å². The third-order valence-electron chi connectivity index (χ3n) is 2.54. The predicted octanol–water partition coefficient (Wildman–Crippen LogP) is 0.380. The van der Waals surface area contributed by atoms with Crippen LogP contribution in [0.1, 0.15) is 17.3 Å². The topological polar surface area (TPSA) is 112 Å². The van der Waals surface area contributed by atoms with Gasteiger partial charge in [0, 0.05) is 19.8 Å². The Kier molecular flexibility index (Phi) is 5.45. The van der Waals surface area contributed by atoms with Crippen molar-refractivity contribution >= 4 is 23.6 Å². The number of carboxylic acids is 1. The van der Waals surface area contributed by atoms with E-state index in [1.807, 2.05) is 6.92 Å². The lowest BCUT2D eigenvalue weighted by atomic mass is 10.3. The summed E-state index contributed by atoms with van der Waals surface area (Å²) in [4.78, 5) is 38.9. The second-order valence-corrected chi connectivity index (χ2v) is 3.98. The van der Waals surface area contributed by atoms with E-state index in [0.717, 1.165) is 0 Å². The SMILES string of the molecule is CCN(C)C(=O)CNC(=O)Nc1cncc(C(=O)O)c1. The number of nitrogens with one attached hydrogen (secondary N) is 2. The van der Waals surface area contributed by atoms with Crippen LogP contribution in [0.5, 0.6) is 0 Å². The van der Waals surface area contributed by atoms with Crippen molar-refractivity contribution in [1.29, 1.82) is 0 Å². The van der Waals surface area contributed by atoms with Crippen molar-refractivity contribution in [3.63, 3.8) is 0 Å². The molecular weight excluding hydrogens is 264 g/mol. The van der Waals surface area contributed by atoms with Crippen LogP contribution >= 0.6 is 0 Å². The highest BCUT2D eigenvalue weighted by Gasteiger charge is 2.10. The van der Waals surface area contributed by atoms with Gasteiger partial charge in [-0.05, 0) is 13.0 Å². The summed E-state index contributed by atoms with van der Waals surface area (Å²) in [6.45, 7) is 2.23. The maximum Gasteiger partial charge on any atom is 0.337 e. The number of hydrogen-bond acceptors (Lipinski definition) is 4. The number of aromatic nitrogens is 1. The fraction of sp³-hybridized carbons (Fsp3) is 0.333. The Labute approximate surface area is 115 Å². The van der Waals surface area contributed by atoms with Crippen LogP contribution < -0.4 is 10.6 Å². The average Bonchev–Trinajstić information content (AvgIpc) is 2.44. The van der Waals surface area contributed by atoms with Gasteiger partial charge in [0.2, 0.25) is 5.91 Å². The minimum atomic E-state index is -1.14. The average molecular weight is 280 g/mol. The maximum absolute atomic E-state index is 11.5. The van der Waals surface area contributed by atoms with Gasteiger partial charge in [0.25, 0.3) is 0 Å². The number of pyridine rings is 1. The number of anilines is 1. The smallest absolute Gasteiger partial charge is 0.337 e. The van der Waals surface area contributed by atoms with Crippen LogP contribution in [0.25, 0.3) is 0 Å². The lowest BCUT2D eigenvalue weighted by Crippen LogP contribution is -2.39. The number of urea groups is 1. The molecule has 0 unspecified atom stereocenters. The lowest BCUT2D eigenvalue weighted by Gasteiger charge is -2.14. The molecule has 8 heteroatoms. The van der Waals surface area contributed by atoms with E-state index in [1.54, 1.807) is 7.05 Å². The van der Waals surface area contributed by atoms with E-state index in [-0.39, 0.29) is 23.7 Å². The summed E-state index contributed by atoms with van der Waals surface area (Å²) >= 11 is 0. The molecule has 0 aromatic carbocycles. The van der Waals surface area contributed by atoms with Gasteiger partial charge in [0.05, 0.1) is 24.0 Å². The number of carbonyl (C=O) groups is 3. The van der Waals surface area contributed by atoms with Gasteiger partial charge in [-0.1, -0.05) is 0 Å². The molecule has 20 heavy (non-hydrogen) atoms. The Hall–Kier alpha value is -2.64. The minimum Gasteiger partial charge on any atom is -0.478 e. The molecule has 0 aliphatic carbocycles. The highest BCUT2D eigenvalue weighted by atomic mass is 16.4. The van der Waals surface area contributed by atoms with Crippen LogP contribution in [0.4, 0.5) is 10.5 Å². The molecule has 0 radical (unpaired) electrons. The van der Waals surface area contributed by atoms with E-state index in [4.69, 9.17) is 5.11 Å². The lowest BCUT2D eigenvalue weighted by molar-refractivity contribution is -0.128. The van der Waals surface area contributed by atoms with Crippen molar-refractivity contribution in [1.82, 2.24) is 15.2 Å². The largest absolute Gasteiger partial charge is 0.478 e. The van der Waals surface area contributed by atoms with Crippen molar-refractivity contribution in [2.75, 3.05) is 25.5 Å². The van der Waals surface area contributed by atoms with Crippen LogP contribution in [0.3, 0.4) is 0 Å². The Morgan fingerprint density at radius 1 is 1.35 bits per heavy atom. The first-order valence-corrected chi connectivity index (χ1v) is 5.91. The summed E-state index contributed by atoms with van der Waals surface area (Å²) in [5, 5.41) is 13.6. The molecule has 1 aromatic rings. The van der Waals surface area contributed by atoms with Crippen molar-refractivity contribution < 1.29 is 19.5 Å². The third kappa shape index (κ3) is 4.56. The van der Waals surface area contributed by atoms with Gasteiger partial charge >= 0.3 is 12.0 Å². The van der Waals surface area contributed by atoms with Gasteiger partial charge in [-0.15, -0.1) is 0 Å². The van der Waals surface area contributed by atoms with Crippen molar-refractivity contribution in [2.24, 2.45) is 0 Å². The summed E-state index contributed by atoms with van der Waals surface area (Å²) < 4.78 is 0. The van der Waals surface area contributed by atoms with Gasteiger partial charge < -0.3 is 20.6 Å². The van der Waals surface area contributed by atoms with Gasteiger partial charge in [0.1, 0.15) is 0 Å². The molecule has 0 atom stereocenters. The summed E-state index contributed by atoms with van der Waals surface area (Å²) in [7, 11) is 1.63. The molecule has 1 rings (SSSR count). The monoisotopic (exact) mass is 280 g/mol. The van der Waals surface area contributed by atoms with Crippen LogP contribution in [0.15, 0.2) is 18.5 Å². The molecule has 0 saturated heterocycles. The molecule has 0 saturated carbocycles. The Bertz CT molecular complexity index is 518. The number of aromatic carboxylic acids is 1. The van der Waals surface area contributed by atoms with Gasteiger partial charge in [-0.2, -0.15) is 0 Å². The van der Waals surface area contributed by atoms with Gasteiger partial charge in [-0.3, -0.25) is 9.78 Å². The number of rotatable bonds is 5. The molecule has 8 nitrogen and oxygen atoms in total. The molecule has 0 spiro atoms. The number of likely N-dealkylation sites (N-methyl/N-ethyl adjacent to an activating group) is 1. The summed E-state index contributed by atoms with van der Waals surface area (Å²) in [5.41, 5.74) is 0.197. The first-order valence-electron chi connectivity index (χ1n) is 5.91. The van der Waals surface area contributed by atoms with Crippen molar-refractivity contribution in [3.8, 4) is 0 Å². The van der Waals surface area contributed by atoms with Crippen LogP contribution in [-0.4, -0.2) is 53.0 Å². The number of amides is 3. The van der Waals surface area contributed by atoms with Gasteiger partial charge in [-0.25, -0.2) is 9.59 Å². The van der Waals surface area contributed by atoms with Crippen LogP contribution in [0, 0.1) is 0 Å². The van der Waals surface area contributed by atoms with Crippen LogP contribution in [0.2, 0.25) is 0 Å². The van der Waals surface area contributed by atoms with E-state index < -0.39 is 12.0 Å². The number of hydrogen-bond donors (Lipinski definition) is 3. The molecule has 0 bridgehead atoms. The van der Waals surface area contributed by atoms with E-state index in [9.17, 15) is 14.4 Å². The molecule has 0 aliphatic rings. The Morgan fingerprint density at radius 2 is 2.05 bits per heavy atom. The molecule has 0 fully saturated rings. The first-order chi connectivity index (χ1) is 9.43. The first kappa shape index (κ1) is 15.4. The second-order valence-electron chi connectivity index (χ2n) is 3.98. The predicted molar refractivity (Wildman–Crippen MR) is 71.5 cm³/mol. The standard InChI is InChI=1S/C12H16N4O4/c1-3-16(2)10(17)7-14-12(20)15-9-4-8(11(18)19)5-13-6-9/h4-6H,3,7H2,1-2H3,(H,18,19)(H2,14,15,20). The fourth-order valence-electron chi connectivity index (χ4n) is 1.27. The number of carbonyl (C=O) groups excluding carboxylic acids is 2. The molecule has 1 aromatic heterocycles. The van der Waals surface area contributed by atoms with E-state index in [1.165, 1.54) is 23.4 Å². The zero-order valence-electron chi connectivity index (χ0n) is 11.2. The Morgan fingerprint density at radius 3 is 2.65 bits per heavy atom. The number of carboxylic acid groups (broad SMARTS) is 1. The Balaban J connectivity index is 2.52. The van der Waals surface area contributed by atoms with E-state index in [0.29, 0.717) is 6.54 Å². The maximum atomic E-state index is 11.5. The second kappa shape index (κ2) is 7.07. The van der Waals surface area contributed by atoms with E-state index >= 15 is 0 Å². The summed E-state index contributed by atoms with van der Waals surface area (Å²) in [6.07, 6.45) is 2.48. The molecule has 0 aliphatic heterocycles.